The fraction of sp³-hybridized carbons (Fsp3) is 0.556. The van der Waals surface area contributed by atoms with Crippen LogP contribution in [0.5, 0.6) is 0 Å². The summed E-state index contributed by atoms with van der Waals surface area (Å²) in [5.74, 6) is -0.411. The maximum atomic E-state index is 11.2. The average Bonchev–Trinajstić information content (AvgIpc) is 2.54. The second-order valence-electron chi connectivity index (χ2n) is 2.87. The molecule has 0 aromatic rings. The summed E-state index contributed by atoms with van der Waals surface area (Å²) in [6, 6.07) is -0.0214. The zero-order chi connectivity index (χ0) is 9.68. The zero-order valence-corrected chi connectivity index (χ0v) is 7.53. The molecule has 1 amide bonds. The van der Waals surface area contributed by atoms with Crippen LogP contribution in [-0.2, 0) is 14.3 Å². The molecule has 0 heterocycles. The van der Waals surface area contributed by atoms with Crippen molar-refractivity contribution in [3.8, 4) is 0 Å². The van der Waals surface area contributed by atoms with Crippen molar-refractivity contribution < 1.29 is 14.3 Å². The van der Waals surface area contributed by atoms with Gasteiger partial charge < -0.3 is 10.1 Å². The number of nitrogens with one attached hydrogen (secondary N) is 1. The maximum absolute atomic E-state index is 11.2. The maximum Gasteiger partial charge on any atom is 0.312 e. The highest BCUT2D eigenvalue weighted by Gasteiger charge is 2.25. The summed E-state index contributed by atoms with van der Waals surface area (Å²) >= 11 is 0. The quantitative estimate of drug-likeness (QED) is 0.386. The van der Waals surface area contributed by atoms with Gasteiger partial charge in [0.25, 0.3) is 0 Å². The molecule has 0 aromatic heterocycles. The van der Waals surface area contributed by atoms with E-state index in [1.165, 1.54) is 0 Å². The Bertz CT molecular complexity index is 225. The summed E-state index contributed by atoms with van der Waals surface area (Å²) in [7, 11) is 0. The van der Waals surface area contributed by atoms with E-state index in [9.17, 15) is 9.59 Å². The van der Waals surface area contributed by atoms with Crippen molar-refractivity contribution in [3.63, 3.8) is 0 Å². The molecule has 0 aromatic carbocycles. The Labute approximate surface area is 76.9 Å². The largest absolute Gasteiger partial charge is 0.466 e. The number of carbonyl (C=O) groups excluding carboxylic acids is 2. The molecule has 4 nitrogen and oxygen atoms in total. The molecule has 0 bridgehead atoms. The Balaban J connectivity index is 2.37. The number of amides is 1. The Morgan fingerprint density at radius 3 is 3.08 bits per heavy atom. The predicted octanol–water partition coefficient (Wildman–Crippen LogP) is 0.240. The first-order valence-corrected chi connectivity index (χ1v) is 4.32. The van der Waals surface area contributed by atoms with E-state index < -0.39 is 0 Å². The lowest BCUT2D eigenvalue weighted by molar-refractivity contribution is -0.146. The van der Waals surface area contributed by atoms with Crippen molar-refractivity contribution in [1.82, 2.24) is 5.32 Å². The van der Waals surface area contributed by atoms with Crippen LogP contribution < -0.4 is 5.32 Å². The van der Waals surface area contributed by atoms with Gasteiger partial charge in [0.2, 0.25) is 6.41 Å². The third-order valence-corrected chi connectivity index (χ3v) is 1.96. The molecule has 0 aliphatic heterocycles. The van der Waals surface area contributed by atoms with Crippen molar-refractivity contribution in [2.45, 2.75) is 19.4 Å². The highest BCUT2D eigenvalue weighted by Crippen LogP contribution is 2.18. The molecule has 4 heteroatoms. The Hall–Kier alpha value is -1.32. The molecular weight excluding hydrogens is 170 g/mol. The first-order chi connectivity index (χ1) is 6.27. The van der Waals surface area contributed by atoms with Crippen LogP contribution in [0.4, 0.5) is 0 Å². The minimum Gasteiger partial charge on any atom is -0.466 e. The lowest BCUT2D eigenvalue weighted by atomic mass is 10.1. The van der Waals surface area contributed by atoms with Gasteiger partial charge in [-0.25, -0.2) is 0 Å². The van der Waals surface area contributed by atoms with Crippen LogP contribution in [-0.4, -0.2) is 25.0 Å². The van der Waals surface area contributed by atoms with Crippen molar-refractivity contribution in [3.05, 3.63) is 12.2 Å². The van der Waals surface area contributed by atoms with Crippen LogP contribution in [0, 0.1) is 5.92 Å². The third-order valence-electron chi connectivity index (χ3n) is 1.96. The summed E-state index contributed by atoms with van der Waals surface area (Å²) in [5, 5.41) is 2.60. The highest BCUT2D eigenvalue weighted by molar-refractivity contribution is 5.75. The van der Waals surface area contributed by atoms with Crippen LogP contribution in [0.15, 0.2) is 12.2 Å². The first-order valence-electron chi connectivity index (χ1n) is 4.32. The molecule has 0 fully saturated rings. The minimum atomic E-state index is -0.214. The van der Waals surface area contributed by atoms with E-state index in [1.54, 1.807) is 13.0 Å². The Morgan fingerprint density at radius 1 is 1.69 bits per heavy atom. The van der Waals surface area contributed by atoms with Crippen LogP contribution in [0.2, 0.25) is 0 Å². The van der Waals surface area contributed by atoms with Gasteiger partial charge >= 0.3 is 5.97 Å². The molecule has 2 atom stereocenters. The van der Waals surface area contributed by atoms with E-state index in [0.29, 0.717) is 19.4 Å². The SMILES string of the molecule is CCOC(=O)C1C=CC(NC=O)C1. The van der Waals surface area contributed by atoms with Crippen LogP contribution in [0.1, 0.15) is 13.3 Å². The van der Waals surface area contributed by atoms with Gasteiger partial charge in [-0.1, -0.05) is 12.2 Å². The van der Waals surface area contributed by atoms with Gasteiger partial charge in [0.05, 0.1) is 12.5 Å². The topological polar surface area (TPSA) is 55.4 Å². The van der Waals surface area contributed by atoms with Crippen LogP contribution >= 0.6 is 0 Å². The van der Waals surface area contributed by atoms with Gasteiger partial charge in [-0.3, -0.25) is 9.59 Å². The Kier molecular flexibility index (Phi) is 3.49. The number of hydrogen-bond donors (Lipinski definition) is 1. The van der Waals surface area contributed by atoms with Crippen molar-refractivity contribution >= 4 is 12.4 Å². The summed E-state index contributed by atoms with van der Waals surface area (Å²) in [6.07, 6.45) is 4.84. The minimum absolute atomic E-state index is 0.0214. The van der Waals surface area contributed by atoms with Gasteiger partial charge in [0.15, 0.2) is 0 Å². The van der Waals surface area contributed by atoms with Crippen molar-refractivity contribution in [2.24, 2.45) is 5.92 Å². The van der Waals surface area contributed by atoms with E-state index in [0.717, 1.165) is 0 Å². The van der Waals surface area contributed by atoms with Gasteiger partial charge in [-0.2, -0.15) is 0 Å². The lowest BCUT2D eigenvalue weighted by Crippen LogP contribution is -2.26. The Morgan fingerprint density at radius 2 is 2.46 bits per heavy atom. The summed E-state index contributed by atoms with van der Waals surface area (Å²) in [5.41, 5.74) is 0. The predicted molar refractivity (Wildman–Crippen MR) is 46.9 cm³/mol. The van der Waals surface area contributed by atoms with Gasteiger partial charge in [0, 0.05) is 6.04 Å². The molecule has 13 heavy (non-hydrogen) atoms. The fourth-order valence-electron chi connectivity index (χ4n) is 1.33. The molecule has 72 valence electrons. The van der Waals surface area contributed by atoms with Crippen molar-refractivity contribution in [2.75, 3.05) is 6.61 Å². The molecule has 0 saturated carbocycles. The fourth-order valence-corrected chi connectivity index (χ4v) is 1.33. The monoisotopic (exact) mass is 183 g/mol. The molecule has 1 aliphatic rings. The highest BCUT2D eigenvalue weighted by atomic mass is 16.5. The van der Waals surface area contributed by atoms with E-state index in [2.05, 4.69) is 5.32 Å². The average molecular weight is 183 g/mol. The molecule has 2 unspecified atom stereocenters. The normalized spacial score (nSPS) is 25.6. The number of rotatable bonds is 4. The van der Waals surface area contributed by atoms with E-state index in [-0.39, 0.29) is 17.9 Å². The smallest absolute Gasteiger partial charge is 0.312 e. The third kappa shape index (κ3) is 2.57. The summed E-state index contributed by atoms with van der Waals surface area (Å²) < 4.78 is 4.85. The van der Waals surface area contributed by atoms with E-state index >= 15 is 0 Å². The lowest BCUT2D eigenvalue weighted by Gasteiger charge is -2.09. The molecule has 1 aliphatic carbocycles. The van der Waals surface area contributed by atoms with Crippen LogP contribution in [0.3, 0.4) is 0 Å². The number of carbonyl (C=O) groups is 2. The molecule has 0 saturated heterocycles. The number of hydrogen-bond acceptors (Lipinski definition) is 3. The summed E-state index contributed by atoms with van der Waals surface area (Å²) in [4.78, 5) is 21.3. The zero-order valence-electron chi connectivity index (χ0n) is 7.53. The van der Waals surface area contributed by atoms with Gasteiger partial charge in [0.1, 0.15) is 0 Å². The summed E-state index contributed by atoms with van der Waals surface area (Å²) in [6.45, 7) is 2.17. The van der Waals surface area contributed by atoms with E-state index in [1.807, 2.05) is 6.08 Å². The number of esters is 1. The second-order valence-corrected chi connectivity index (χ2v) is 2.87. The molecule has 0 radical (unpaired) electrons. The number of ether oxygens (including phenoxy) is 1. The van der Waals surface area contributed by atoms with Gasteiger partial charge in [-0.05, 0) is 13.3 Å². The van der Waals surface area contributed by atoms with E-state index in [4.69, 9.17) is 4.74 Å². The first kappa shape index (κ1) is 9.77. The van der Waals surface area contributed by atoms with Crippen LogP contribution in [0.25, 0.3) is 0 Å². The molecular formula is C9H13NO3. The molecule has 1 N–H and O–H groups in total. The molecule has 0 spiro atoms. The van der Waals surface area contributed by atoms with Gasteiger partial charge in [-0.15, -0.1) is 0 Å². The second kappa shape index (κ2) is 4.64. The standard InChI is InChI=1S/C9H13NO3/c1-2-13-9(12)7-3-4-8(5-7)10-6-11/h3-4,6-8H,2,5H2,1H3,(H,10,11). The van der Waals surface area contributed by atoms with Crippen molar-refractivity contribution in [1.29, 1.82) is 0 Å². The molecule has 1 rings (SSSR count).